The van der Waals surface area contributed by atoms with Gasteiger partial charge in [-0.1, -0.05) is 6.07 Å². The monoisotopic (exact) mass is 275 g/mol. The maximum atomic E-state index is 5.71. The maximum absolute atomic E-state index is 5.71. The van der Waals surface area contributed by atoms with E-state index in [1.807, 2.05) is 0 Å². The molecule has 0 aliphatic carbocycles. The molecule has 2 rings (SSSR count). The average Bonchev–Trinajstić information content (AvgIpc) is 2.81. The van der Waals surface area contributed by atoms with Gasteiger partial charge in [0.2, 0.25) is 0 Å². The third kappa shape index (κ3) is 3.02. The molecule has 0 spiro atoms. The number of ether oxygens (including phenoxy) is 1. The van der Waals surface area contributed by atoms with Gasteiger partial charge in [0.1, 0.15) is 5.82 Å². The molecule has 0 aliphatic heterocycles. The molecule has 0 bridgehead atoms. The Bertz CT molecular complexity index is 574. The van der Waals surface area contributed by atoms with Crippen LogP contribution in [0.25, 0.3) is 11.0 Å². The first-order chi connectivity index (χ1) is 9.56. The lowest BCUT2D eigenvalue weighted by atomic mass is 10.2. The van der Waals surface area contributed by atoms with E-state index in [2.05, 4.69) is 43.5 Å². The number of aromatic nitrogens is 2. The molecule has 0 saturated carbocycles. The molecule has 1 aromatic heterocycles. The number of imidazole rings is 1. The number of methoxy groups -OCH3 is 1. The summed E-state index contributed by atoms with van der Waals surface area (Å²) in [5.41, 5.74) is 9.07. The van der Waals surface area contributed by atoms with Gasteiger partial charge >= 0.3 is 0 Å². The van der Waals surface area contributed by atoms with Gasteiger partial charge in [-0.15, -0.1) is 0 Å². The summed E-state index contributed by atoms with van der Waals surface area (Å²) in [4.78, 5) is 4.80. The van der Waals surface area contributed by atoms with Crippen molar-refractivity contribution in [2.45, 2.75) is 52.3 Å². The normalized spacial score (nSPS) is 13.3. The lowest BCUT2D eigenvalue weighted by molar-refractivity contribution is 0.110. The van der Waals surface area contributed by atoms with Crippen molar-refractivity contribution in [3.05, 3.63) is 29.6 Å². The van der Waals surface area contributed by atoms with Crippen LogP contribution in [-0.2, 0) is 17.7 Å². The van der Waals surface area contributed by atoms with Crippen molar-refractivity contribution >= 4 is 11.0 Å². The number of hydrogen-bond donors (Lipinski definition) is 1. The maximum Gasteiger partial charge on any atom is 0.110 e. The molecule has 0 aliphatic rings. The van der Waals surface area contributed by atoms with E-state index >= 15 is 0 Å². The van der Waals surface area contributed by atoms with Crippen molar-refractivity contribution in [1.29, 1.82) is 0 Å². The first-order valence-corrected chi connectivity index (χ1v) is 7.29. The lowest BCUT2D eigenvalue weighted by Crippen LogP contribution is -2.11. The topological polar surface area (TPSA) is 53.1 Å². The molecule has 4 heteroatoms. The van der Waals surface area contributed by atoms with Crippen LogP contribution in [0.2, 0.25) is 0 Å². The lowest BCUT2D eigenvalue weighted by Gasteiger charge is -2.14. The highest BCUT2D eigenvalue weighted by Gasteiger charge is 2.14. The summed E-state index contributed by atoms with van der Waals surface area (Å²) in [7, 11) is 1.75. The highest BCUT2D eigenvalue weighted by Crippen LogP contribution is 2.23. The number of nitrogens with two attached hydrogens (primary N) is 1. The van der Waals surface area contributed by atoms with Gasteiger partial charge in [-0.3, -0.25) is 0 Å². The Morgan fingerprint density at radius 3 is 2.65 bits per heavy atom. The van der Waals surface area contributed by atoms with E-state index in [9.17, 15) is 0 Å². The molecule has 4 nitrogen and oxygen atoms in total. The quantitative estimate of drug-likeness (QED) is 0.881. The highest BCUT2D eigenvalue weighted by atomic mass is 16.5. The SMILES string of the molecule is COC(C)CCc1nc2cc(CN)ccc2n1C(C)C. The van der Waals surface area contributed by atoms with Gasteiger partial charge in [0, 0.05) is 26.1 Å². The second-order valence-electron chi connectivity index (χ2n) is 5.60. The summed E-state index contributed by atoms with van der Waals surface area (Å²) in [6, 6.07) is 6.71. The average molecular weight is 275 g/mol. The highest BCUT2D eigenvalue weighted by molar-refractivity contribution is 5.77. The molecule has 0 radical (unpaired) electrons. The molecular formula is C16H25N3O. The number of fused-ring (bicyclic) bond motifs is 1. The number of hydrogen-bond acceptors (Lipinski definition) is 3. The van der Waals surface area contributed by atoms with E-state index in [0.717, 1.165) is 29.7 Å². The third-order valence-electron chi connectivity index (χ3n) is 3.76. The first-order valence-electron chi connectivity index (χ1n) is 7.29. The standard InChI is InChI=1S/C16H25N3O/c1-11(2)19-15-7-6-13(10-17)9-14(15)18-16(19)8-5-12(3)20-4/h6-7,9,11-12H,5,8,10,17H2,1-4H3. The van der Waals surface area contributed by atoms with Crippen LogP contribution < -0.4 is 5.73 Å². The van der Waals surface area contributed by atoms with Crippen molar-refractivity contribution in [3.63, 3.8) is 0 Å². The van der Waals surface area contributed by atoms with E-state index in [0.29, 0.717) is 12.6 Å². The fourth-order valence-electron chi connectivity index (χ4n) is 2.52. The summed E-state index contributed by atoms with van der Waals surface area (Å²) in [6.07, 6.45) is 2.17. The van der Waals surface area contributed by atoms with E-state index < -0.39 is 0 Å². The fraction of sp³-hybridized carbons (Fsp3) is 0.562. The number of aryl methyl sites for hydroxylation is 1. The molecule has 0 amide bonds. The minimum atomic E-state index is 0.259. The molecule has 0 saturated heterocycles. The second-order valence-corrected chi connectivity index (χ2v) is 5.60. The Kier molecular flexibility index (Phi) is 4.78. The molecular weight excluding hydrogens is 250 g/mol. The van der Waals surface area contributed by atoms with Gasteiger partial charge in [0.15, 0.2) is 0 Å². The molecule has 1 unspecified atom stereocenters. The Balaban J connectivity index is 2.39. The number of benzene rings is 1. The summed E-state index contributed by atoms with van der Waals surface area (Å²) >= 11 is 0. The van der Waals surface area contributed by atoms with Crippen LogP contribution in [0.1, 0.15) is 44.6 Å². The zero-order chi connectivity index (χ0) is 14.7. The molecule has 2 aromatic rings. The van der Waals surface area contributed by atoms with E-state index in [1.165, 1.54) is 5.52 Å². The van der Waals surface area contributed by atoms with Crippen molar-refractivity contribution in [3.8, 4) is 0 Å². The molecule has 2 N–H and O–H groups in total. The Morgan fingerprint density at radius 1 is 1.30 bits per heavy atom. The van der Waals surface area contributed by atoms with Crippen LogP contribution >= 0.6 is 0 Å². The van der Waals surface area contributed by atoms with Crippen LogP contribution in [0.15, 0.2) is 18.2 Å². The Hall–Kier alpha value is -1.39. The van der Waals surface area contributed by atoms with Crippen LogP contribution in [0.4, 0.5) is 0 Å². The van der Waals surface area contributed by atoms with Crippen molar-refractivity contribution in [2.75, 3.05) is 7.11 Å². The predicted molar refractivity (Wildman–Crippen MR) is 82.8 cm³/mol. The smallest absolute Gasteiger partial charge is 0.110 e. The van der Waals surface area contributed by atoms with Crippen LogP contribution in [-0.4, -0.2) is 22.8 Å². The molecule has 20 heavy (non-hydrogen) atoms. The van der Waals surface area contributed by atoms with Gasteiger partial charge in [0.05, 0.1) is 17.1 Å². The Labute approximate surface area is 120 Å². The van der Waals surface area contributed by atoms with Gasteiger partial charge in [-0.25, -0.2) is 4.98 Å². The van der Waals surface area contributed by atoms with Crippen LogP contribution in [0, 0.1) is 0 Å². The molecule has 1 heterocycles. The van der Waals surface area contributed by atoms with Crippen molar-refractivity contribution in [1.82, 2.24) is 9.55 Å². The van der Waals surface area contributed by atoms with E-state index in [4.69, 9.17) is 15.5 Å². The van der Waals surface area contributed by atoms with Gasteiger partial charge in [-0.2, -0.15) is 0 Å². The van der Waals surface area contributed by atoms with Crippen LogP contribution in [0.3, 0.4) is 0 Å². The predicted octanol–water partition coefficient (Wildman–Crippen LogP) is 3.04. The zero-order valence-corrected chi connectivity index (χ0v) is 12.9. The Morgan fingerprint density at radius 2 is 2.05 bits per heavy atom. The second kappa shape index (κ2) is 6.37. The summed E-state index contributed by atoms with van der Waals surface area (Å²) in [5, 5.41) is 0. The summed E-state index contributed by atoms with van der Waals surface area (Å²) < 4.78 is 7.65. The number of nitrogens with zero attached hydrogens (tertiary/aromatic N) is 2. The molecule has 1 aromatic carbocycles. The van der Waals surface area contributed by atoms with Gasteiger partial charge in [-0.05, 0) is 44.9 Å². The molecule has 0 fully saturated rings. The van der Waals surface area contributed by atoms with Gasteiger partial charge < -0.3 is 15.0 Å². The largest absolute Gasteiger partial charge is 0.382 e. The van der Waals surface area contributed by atoms with Crippen molar-refractivity contribution in [2.24, 2.45) is 5.73 Å². The third-order valence-corrected chi connectivity index (χ3v) is 3.76. The minimum absolute atomic E-state index is 0.259. The van der Waals surface area contributed by atoms with E-state index in [-0.39, 0.29) is 6.10 Å². The fourth-order valence-corrected chi connectivity index (χ4v) is 2.52. The zero-order valence-electron chi connectivity index (χ0n) is 12.9. The minimum Gasteiger partial charge on any atom is -0.382 e. The van der Waals surface area contributed by atoms with E-state index in [1.54, 1.807) is 7.11 Å². The molecule has 110 valence electrons. The van der Waals surface area contributed by atoms with Crippen molar-refractivity contribution < 1.29 is 4.74 Å². The first kappa shape index (κ1) is 15.0. The van der Waals surface area contributed by atoms with Crippen LogP contribution in [0.5, 0.6) is 0 Å². The molecule has 1 atom stereocenters. The summed E-state index contributed by atoms with van der Waals surface area (Å²) in [6.45, 7) is 7.04. The summed E-state index contributed by atoms with van der Waals surface area (Å²) in [5.74, 6) is 1.13. The van der Waals surface area contributed by atoms with Gasteiger partial charge in [0.25, 0.3) is 0 Å². The number of rotatable bonds is 6.